The molecule has 1 saturated heterocycles. The van der Waals surface area contributed by atoms with Crippen LogP contribution >= 0.6 is 0 Å². The van der Waals surface area contributed by atoms with E-state index in [4.69, 9.17) is 0 Å². The van der Waals surface area contributed by atoms with Crippen molar-refractivity contribution < 1.29 is 27.9 Å². The SMILES string of the molecule is C[C@@H]1CC2C[C@@H]1[C@@H]1Cn3cc(C(=O)NCc4c(F)cc(F)cc4F)c(=O)c(O)c3C(=O)N21. The summed E-state index contributed by atoms with van der Waals surface area (Å²) in [6.45, 7) is 1.84. The molecule has 3 aliphatic rings. The molecule has 4 atom stereocenters. The number of carbonyl (C=O) groups is 2. The highest BCUT2D eigenvalue weighted by Gasteiger charge is 2.54. The Morgan fingerprint density at radius 3 is 2.56 bits per heavy atom. The van der Waals surface area contributed by atoms with E-state index >= 15 is 0 Å². The summed E-state index contributed by atoms with van der Waals surface area (Å²) >= 11 is 0. The van der Waals surface area contributed by atoms with E-state index in [-0.39, 0.29) is 17.8 Å². The molecule has 5 rings (SSSR count). The van der Waals surface area contributed by atoms with Gasteiger partial charge in [-0.05, 0) is 24.7 Å². The third-order valence-electron chi connectivity index (χ3n) is 7.02. The molecule has 2 bridgehead atoms. The molecule has 1 aromatic heterocycles. The van der Waals surface area contributed by atoms with Crippen molar-refractivity contribution in [3.8, 4) is 5.75 Å². The molecule has 1 unspecified atom stereocenters. The molecule has 32 heavy (non-hydrogen) atoms. The highest BCUT2D eigenvalue weighted by molar-refractivity contribution is 5.99. The number of hydrogen-bond acceptors (Lipinski definition) is 4. The van der Waals surface area contributed by atoms with Crippen molar-refractivity contribution in [3.63, 3.8) is 0 Å². The number of carbonyl (C=O) groups excluding carboxylic acids is 2. The maximum atomic E-state index is 13.8. The molecule has 2 amide bonds. The van der Waals surface area contributed by atoms with Gasteiger partial charge in [-0.1, -0.05) is 6.92 Å². The van der Waals surface area contributed by atoms with E-state index in [1.807, 2.05) is 0 Å². The van der Waals surface area contributed by atoms with Crippen LogP contribution in [0.1, 0.15) is 46.2 Å². The van der Waals surface area contributed by atoms with Gasteiger partial charge in [-0.3, -0.25) is 14.4 Å². The molecular formula is C22H20F3N3O4. The number of amides is 2. The average molecular weight is 447 g/mol. The van der Waals surface area contributed by atoms with Crippen molar-refractivity contribution in [1.82, 2.24) is 14.8 Å². The van der Waals surface area contributed by atoms with Crippen LogP contribution in [0.3, 0.4) is 0 Å². The van der Waals surface area contributed by atoms with Gasteiger partial charge in [0.2, 0.25) is 5.43 Å². The predicted molar refractivity (Wildman–Crippen MR) is 105 cm³/mol. The van der Waals surface area contributed by atoms with E-state index in [0.717, 1.165) is 12.8 Å². The molecule has 2 aromatic rings. The fourth-order valence-corrected chi connectivity index (χ4v) is 5.54. The second-order valence-corrected chi connectivity index (χ2v) is 8.80. The largest absolute Gasteiger partial charge is 0.503 e. The number of nitrogens with zero attached hydrogens (tertiary/aromatic N) is 2. The number of rotatable bonds is 3. The van der Waals surface area contributed by atoms with E-state index in [1.165, 1.54) is 10.8 Å². The minimum Gasteiger partial charge on any atom is -0.503 e. The monoisotopic (exact) mass is 447 g/mol. The van der Waals surface area contributed by atoms with E-state index in [0.29, 0.717) is 30.5 Å². The third kappa shape index (κ3) is 2.92. The maximum Gasteiger partial charge on any atom is 0.275 e. The number of aromatic hydroxyl groups is 1. The minimum atomic E-state index is -1.18. The summed E-state index contributed by atoms with van der Waals surface area (Å²) in [5, 5.41) is 12.7. The first-order valence-electron chi connectivity index (χ1n) is 10.4. The third-order valence-corrected chi connectivity index (χ3v) is 7.02. The summed E-state index contributed by atoms with van der Waals surface area (Å²) in [6, 6.07) is 0.971. The topological polar surface area (TPSA) is 91.6 Å². The smallest absolute Gasteiger partial charge is 0.275 e. The molecule has 2 aliphatic heterocycles. The van der Waals surface area contributed by atoms with Crippen molar-refractivity contribution in [2.24, 2.45) is 11.8 Å². The van der Waals surface area contributed by atoms with Crippen LogP contribution in [0.15, 0.2) is 23.1 Å². The second-order valence-electron chi connectivity index (χ2n) is 8.80. The first-order chi connectivity index (χ1) is 15.2. The van der Waals surface area contributed by atoms with Gasteiger partial charge in [0.1, 0.15) is 23.0 Å². The minimum absolute atomic E-state index is 0.0797. The lowest BCUT2D eigenvalue weighted by Gasteiger charge is -2.42. The quantitative estimate of drug-likeness (QED) is 0.755. The number of aromatic nitrogens is 1. The van der Waals surface area contributed by atoms with Crippen molar-refractivity contribution in [2.45, 2.75) is 44.9 Å². The molecule has 10 heteroatoms. The second kappa shape index (κ2) is 7.11. The summed E-state index contributed by atoms with van der Waals surface area (Å²) < 4.78 is 42.1. The number of piperidine rings is 1. The van der Waals surface area contributed by atoms with E-state index < -0.39 is 58.1 Å². The predicted octanol–water partition coefficient (Wildman–Crippen LogP) is 2.15. The molecule has 168 valence electrons. The van der Waals surface area contributed by atoms with Crippen LogP contribution in [0, 0.1) is 29.3 Å². The first-order valence-corrected chi connectivity index (χ1v) is 10.4. The Labute approximate surface area is 180 Å². The number of halogens is 3. The summed E-state index contributed by atoms with van der Waals surface area (Å²) in [6.07, 6.45) is 2.96. The lowest BCUT2D eigenvalue weighted by Crippen LogP contribution is -2.53. The molecule has 0 spiro atoms. The molecule has 2 N–H and O–H groups in total. The lowest BCUT2D eigenvalue weighted by atomic mass is 9.87. The fraction of sp³-hybridized carbons (Fsp3) is 0.409. The van der Waals surface area contributed by atoms with Gasteiger partial charge in [0, 0.05) is 43.0 Å². The normalized spacial score (nSPS) is 25.6. The highest BCUT2D eigenvalue weighted by atomic mass is 19.1. The Morgan fingerprint density at radius 2 is 1.88 bits per heavy atom. The maximum absolute atomic E-state index is 13.8. The number of benzene rings is 1. The zero-order chi connectivity index (χ0) is 22.9. The van der Waals surface area contributed by atoms with E-state index in [9.17, 15) is 32.7 Å². The molecule has 1 aliphatic carbocycles. The standard InChI is InChI=1S/C22H20F3N3O4/c1-9-2-11-5-12(9)17-8-27-7-14(19(29)20(30)18(27)22(32)28(11)17)21(31)26-6-13-15(24)3-10(23)4-16(13)25/h3-4,7,9,11-12,17,30H,2,5-6,8H2,1H3,(H,26,31)/t9-,11?,12+,17+/m1/s1. The summed E-state index contributed by atoms with van der Waals surface area (Å²) in [4.78, 5) is 40.0. The molecule has 1 aromatic carbocycles. The van der Waals surface area contributed by atoms with Gasteiger partial charge in [-0.2, -0.15) is 0 Å². The Hall–Kier alpha value is -3.30. The van der Waals surface area contributed by atoms with Gasteiger partial charge < -0.3 is 19.9 Å². The van der Waals surface area contributed by atoms with Gasteiger partial charge in [0.05, 0.1) is 6.04 Å². The van der Waals surface area contributed by atoms with Crippen LogP contribution in [0.5, 0.6) is 5.75 Å². The van der Waals surface area contributed by atoms with Crippen molar-refractivity contribution >= 4 is 11.8 Å². The Kier molecular flexibility index (Phi) is 4.58. The summed E-state index contributed by atoms with van der Waals surface area (Å²) in [5.74, 6) is -4.92. The van der Waals surface area contributed by atoms with E-state index in [2.05, 4.69) is 12.2 Å². The molecule has 1 saturated carbocycles. The van der Waals surface area contributed by atoms with Crippen molar-refractivity contribution in [1.29, 1.82) is 0 Å². The van der Waals surface area contributed by atoms with E-state index in [1.54, 1.807) is 4.90 Å². The molecule has 3 heterocycles. The average Bonchev–Trinajstić information content (AvgIpc) is 3.26. The Morgan fingerprint density at radius 1 is 1.19 bits per heavy atom. The summed E-state index contributed by atoms with van der Waals surface area (Å²) in [5.41, 5.74) is -2.22. The van der Waals surface area contributed by atoms with Crippen LogP contribution < -0.4 is 10.7 Å². The van der Waals surface area contributed by atoms with Gasteiger partial charge in [-0.25, -0.2) is 13.2 Å². The molecular weight excluding hydrogens is 427 g/mol. The van der Waals surface area contributed by atoms with Crippen LogP contribution in [0.2, 0.25) is 0 Å². The lowest BCUT2D eigenvalue weighted by molar-refractivity contribution is 0.0416. The number of pyridine rings is 1. The highest BCUT2D eigenvalue weighted by Crippen LogP contribution is 2.48. The Bertz CT molecular complexity index is 1200. The van der Waals surface area contributed by atoms with Gasteiger partial charge in [0.25, 0.3) is 11.8 Å². The molecule has 2 fully saturated rings. The Balaban J connectivity index is 1.45. The zero-order valence-corrected chi connectivity index (χ0v) is 17.1. The number of fused-ring (bicyclic) bond motifs is 6. The van der Waals surface area contributed by atoms with Crippen LogP contribution in [-0.4, -0.2) is 38.5 Å². The van der Waals surface area contributed by atoms with Crippen LogP contribution in [-0.2, 0) is 13.1 Å². The zero-order valence-electron chi connectivity index (χ0n) is 17.1. The van der Waals surface area contributed by atoms with Gasteiger partial charge in [0.15, 0.2) is 11.4 Å². The molecule has 7 nitrogen and oxygen atoms in total. The fourth-order valence-electron chi connectivity index (χ4n) is 5.54. The summed E-state index contributed by atoms with van der Waals surface area (Å²) in [7, 11) is 0. The van der Waals surface area contributed by atoms with Gasteiger partial charge in [-0.15, -0.1) is 0 Å². The van der Waals surface area contributed by atoms with Crippen molar-refractivity contribution in [3.05, 3.63) is 62.8 Å². The first kappa shape index (κ1) is 20.6. The molecule has 0 radical (unpaired) electrons. The number of hydrogen-bond donors (Lipinski definition) is 2. The van der Waals surface area contributed by atoms with Crippen molar-refractivity contribution in [2.75, 3.05) is 0 Å². The number of nitrogens with one attached hydrogen (secondary N) is 1. The van der Waals surface area contributed by atoms with Gasteiger partial charge >= 0.3 is 0 Å². The van der Waals surface area contributed by atoms with Crippen LogP contribution in [0.4, 0.5) is 13.2 Å². The van der Waals surface area contributed by atoms with Crippen LogP contribution in [0.25, 0.3) is 0 Å².